The molecule has 1 saturated heterocycles. The number of nitrogens with zero attached hydrogens (tertiary/aromatic N) is 2. The molecule has 6 nitrogen and oxygen atoms in total. The van der Waals surface area contributed by atoms with E-state index < -0.39 is 0 Å². The van der Waals surface area contributed by atoms with Gasteiger partial charge in [0.05, 0.1) is 25.4 Å². The van der Waals surface area contributed by atoms with Crippen molar-refractivity contribution in [2.45, 2.75) is 13.3 Å². The number of aryl methyl sites for hydroxylation is 1. The maximum absolute atomic E-state index is 12.2. The van der Waals surface area contributed by atoms with E-state index in [-0.39, 0.29) is 5.91 Å². The first kappa shape index (κ1) is 18.2. The van der Waals surface area contributed by atoms with Gasteiger partial charge in [-0.1, -0.05) is 12.1 Å². The number of ether oxygens (including phenoxy) is 2. The molecule has 1 N–H and O–H groups in total. The predicted octanol–water partition coefficient (Wildman–Crippen LogP) is 2.43. The Kier molecular flexibility index (Phi) is 6.44. The fourth-order valence-electron chi connectivity index (χ4n) is 2.77. The van der Waals surface area contributed by atoms with Crippen LogP contribution in [0.15, 0.2) is 42.6 Å². The van der Waals surface area contributed by atoms with Crippen molar-refractivity contribution in [3.8, 4) is 5.75 Å². The molecule has 1 aliphatic rings. The average Bonchev–Trinajstić information content (AvgIpc) is 2.68. The van der Waals surface area contributed by atoms with E-state index in [4.69, 9.17) is 9.47 Å². The van der Waals surface area contributed by atoms with Crippen LogP contribution >= 0.6 is 0 Å². The van der Waals surface area contributed by atoms with Crippen molar-refractivity contribution in [2.24, 2.45) is 0 Å². The van der Waals surface area contributed by atoms with Crippen molar-refractivity contribution in [3.05, 3.63) is 53.7 Å². The summed E-state index contributed by atoms with van der Waals surface area (Å²) in [5.41, 5.74) is 1.74. The van der Waals surface area contributed by atoms with Gasteiger partial charge >= 0.3 is 0 Å². The summed E-state index contributed by atoms with van der Waals surface area (Å²) in [6.07, 6.45) is 2.38. The Labute approximate surface area is 154 Å². The lowest BCUT2D eigenvalue weighted by Crippen LogP contribution is -2.36. The van der Waals surface area contributed by atoms with Crippen LogP contribution in [0.25, 0.3) is 0 Å². The Bertz CT molecular complexity index is 712. The van der Waals surface area contributed by atoms with Gasteiger partial charge in [-0.25, -0.2) is 4.98 Å². The lowest BCUT2D eigenvalue weighted by molar-refractivity contribution is 0.0951. The van der Waals surface area contributed by atoms with Crippen LogP contribution in [0.5, 0.6) is 5.75 Å². The number of rotatable bonds is 7. The van der Waals surface area contributed by atoms with Crippen LogP contribution in [0, 0.1) is 6.92 Å². The molecule has 0 unspecified atom stereocenters. The summed E-state index contributed by atoms with van der Waals surface area (Å²) < 4.78 is 11.0. The highest BCUT2D eigenvalue weighted by molar-refractivity contribution is 5.94. The number of carbonyl (C=O) groups excluding carboxylic acids is 1. The molecule has 26 heavy (non-hydrogen) atoms. The molecule has 0 saturated carbocycles. The van der Waals surface area contributed by atoms with E-state index in [9.17, 15) is 4.79 Å². The number of amides is 1. The summed E-state index contributed by atoms with van der Waals surface area (Å²) in [7, 11) is 0. The minimum Gasteiger partial charge on any atom is -0.494 e. The smallest absolute Gasteiger partial charge is 0.252 e. The second kappa shape index (κ2) is 9.20. The summed E-state index contributed by atoms with van der Waals surface area (Å²) in [5, 5.41) is 2.90. The van der Waals surface area contributed by atoms with Crippen LogP contribution in [-0.4, -0.2) is 50.3 Å². The number of hydrogen-bond donors (Lipinski definition) is 1. The van der Waals surface area contributed by atoms with E-state index in [1.807, 2.05) is 43.3 Å². The van der Waals surface area contributed by atoms with E-state index in [1.165, 1.54) is 5.56 Å². The van der Waals surface area contributed by atoms with Gasteiger partial charge in [-0.3, -0.25) is 4.79 Å². The first-order valence-corrected chi connectivity index (χ1v) is 8.99. The third-order valence-corrected chi connectivity index (χ3v) is 4.21. The number of hydrogen-bond acceptors (Lipinski definition) is 5. The van der Waals surface area contributed by atoms with Crippen molar-refractivity contribution in [1.29, 1.82) is 0 Å². The summed E-state index contributed by atoms with van der Waals surface area (Å²) >= 11 is 0. The molecule has 0 aliphatic carbocycles. The molecule has 2 heterocycles. The molecule has 0 spiro atoms. The van der Waals surface area contributed by atoms with Gasteiger partial charge in [0.15, 0.2) is 0 Å². The highest BCUT2D eigenvalue weighted by Crippen LogP contribution is 2.13. The molecule has 1 aromatic carbocycles. The molecular formula is C20H25N3O3. The fourth-order valence-corrected chi connectivity index (χ4v) is 2.77. The van der Waals surface area contributed by atoms with Crippen LogP contribution in [0.2, 0.25) is 0 Å². The van der Waals surface area contributed by atoms with Gasteiger partial charge in [0.1, 0.15) is 11.6 Å². The predicted molar refractivity (Wildman–Crippen MR) is 101 cm³/mol. The number of pyridine rings is 1. The molecule has 1 fully saturated rings. The summed E-state index contributed by atoms with van der Waals surface area (Å²) in [6, 6.07) is 11.6. The minimum atomic E-state index is -0.110. The molecule has 2 aromatic rings. The summed E-state index contributed by atoms with van der Waals surface area (Å²) in [5.74, 6) is 1.64. The van der Waals surface area contributed by atoms with Crippen LogP contribution in [0.3, 0.4) is 0 Å². The molecule has 138 valence electrons. The SMILES string of the molecule is Cc1cccc(OCCCNC(=O)c2ccc(N3CCOCC3)nc2)c1. The highest BCUT2D eigenvalue weighted by atomic mass is 16.5. The normalized spacial score (nSPS) is 14.1. The van der Waals surface area contributed by atoms with Gasteiger partial charge in [0, 0.05) is 25.8 Å². The topological polar surface area (TPSA) is 63.7 Å². The summed E-state index contributed by atoms with van der Waals surface area (Å²) in [6.45, 7) is 6.27. The van der Waals surface area contributed by atoms with Crippen molar-refractivity contribution < 1.29 is 14.3 Å². The zero-order valence-corrected chi connectivity index (χ0v) is 15.1. The van der Waals surface area contributed by atoms with E-state index in [2.05, 4.69) is 15.2 Å². The van der Waals surface area contributed by atoms with Gasteiger partial charge < -0.3 is 19.7 Å². The van der Waals surface area contributed by atoms with Gasteiger partial charge in [-0.05, 0) is 43.2 Å². The lowest BCUT2D eigenvalue weighted by Gasteiger charge is -2.27. The maximum atomic E-state index is 12.2. The second-order valence-electron chi connectivity index (χ2n) is 6.28. The monoisotopic (exact) mass is 355 g/mol. The van der Waals surface area contributed by atoms with Crippen LogP contribution in [0.1, 0.15) is 22.3 Å². The first-order valence-electron chi connectivity index (χ1n) is 8.99. The zero-order chi connectivity index (χ0) is 18.2. The number of nitrogens with one attached hydrogen (secondary N) is 1. The van der Waals surface area contributed by atoms with Gasteiger partial charge in [-0.15, -0.1) is 0 Å². The van der Waals surface area contributed by atoms with E-state index in [0.29, 0.717) is 31.9 Å². The Balaban J connectivity index is 1.39. The molecular weight excluding hydrogens is 330 g/mol. The van der Waals surface area contributed by atoms with Crippen LogP contribution in [-0.2, 0) is 4.74 Å². The molecule has 0 atom stereocenters. The third kappa shape index (κ3) is 5.20. The van der Waals surface area contributed by atoms with E-state index in [1.54, 1.807) is 6.20 Å². The second-order valence-corrected chi connectivity index (χ2v) is 6.28. The van der Waals surface area contributed by atoms with Crippen LogP contribution in [0.4, 0.5) is 5.82 Å². The Morgan fingerprint density at radius 2 is 2.12 bits per heavy atom. The van der Waals surface area contributed by atoms with E-state index in [0.717, 1.165) is 31.1 Å². The highest BCUT2D eigenvalue weighted by Gasteiger charge is 2.13. The van der Waals surface area contributed by atoms with Crippen molar-refractivity contribution in [1.82, 2.24) is 10.3 Å². The molecule has 1 amide bonds. The lowest BCUT2D eigenvalue weighted by atomic mass is 10.2. The Morgan fingerprint density at radius 1 is 1.27 bits per heavy atom. The molecule has 0 bridgehead atoms. The fraction of sp³-hybridized carbons (Fsp3) is 0.400. The first-order chi connectivity index (χ1) is 12.7. The van der Waals surface area contributed by atoms with Crippen molar-refractivity contribution in [3.63, 3.8) is 0 Å². The number of anilines is 1. The maximum Gasteiger partial charge on any atom is 0.252 e. The largest absolute Gasteiger partial charge is 0.494 e. The molecule has 3 rings (SSSR count). The van der Waals surface area contributed by atoms with E-state index >= 15 is 0 Å². The van der Waals surface area contributed by atoms with Crippen molar-refractivity contribution >= 4 is 11.7 Å². The summed E-state index contributed by atoms with van der Waals surface area (Å²) in [4.78, 5) is 18.7. The quantitative estimate of drug-likeness (QED) is 0.773. The van der Waals surface area contributed by atoms with Gasteiger partial charge in [0.2, 0.25) is 0 Å². The van der Waals surface area contributed by atoms with Crippen LogP contribution < -0.4 is 15.0 Å². The molecule has 1 aromatic heterocycles. The number of benzene rings is 1. The molecule has 0 radical (unpaired) electrons. The average molecular weight is 355 g/mol. The molecule has 1 aliphatic heterocycles. The Morgan fingerprint density at radius 3 is 2.85 bits per heavy atom. The van der Waals surface area contributed by atoms with Crippen molar-refractivity contribution in [2.75, 3.05) is 44.4 Å². The van der Waals surface area contributed by atoms with Gasteiger partial charge in [0.25, 0.3) is 5.91 Å². The standard InChI is InChI=1S/C20H25N3O3/c1-16-4-2-5-18(14-16)26-11-3-8-21-20(24)17-6-7-19(22-15-17)23-9-12-25-13-10-23/h2,4-7,14-15H,3,8-13H2,1H3,(H,21,24). The third-order valence-electron chi connectivity index (χ3n) is 4.21. The number of carbonyl (C=O) groups is 1. The van der Waals surface area contributed by atoms with Gasteiger partial charge in [-0.2, -0.15) is 0 Å². The minimum absolute atomic E-state index is 0.110. The number of morpholine rings is 1. The Hall–Kier alpha value is -2.60. The number of aromatic nitrogens is 1. The molecule has 6 heteroatoms. The zero-order valence-electron chi connectivity index (χ0n) is 15.1.